The van der Waals surface area contributed by atoms with Gasteiger partial charge in [-0.1, -0.05) is 13.8 Å². The molecule has 0 amide bonds. The van der Waals surface area contributed by atoms with Crippen molar-refractivity contribution in [3.63, 3.8) is 0 Å². The molecule has 1 heterocycles. The highest BCUT2D eigenvalue weighted by atomic mass is 15.2. The van der Waals surface area contributed by atoms with Crippen LogP contribution in [-0.4, -0.2) is 17.2 Å². The number of aryl methyl sites for hydroxylation is 1. The Labute approximate surface area is 73.2 Å². The summed E-state index contributed by atoms with van der Waals surface area (Å²) in [6.07, 6.45) is 0. The van der Waals surface area contributed by atoms with Crippen LogP contribution < -0.4 is 5.32 Å². The van der Waals surface area contributed by atoms with Gasteiger partial charge in [-0.2, -0.15) is 5.10 Å². The highest BCUT2D eigenvalue weighted by Crippen LogP contribution is 2.15. The Balaban J connectivity index is 3.02. The van der Waals surface area contributed by atoms with Crippen LogP contribution in [0.1, 0.15) is 31.0 Å². The smallest absolute Gasteiger partial charge is 0.151 e. The summed E-state index contributed by atoms with van der Waals surface area (Å²) in [6, 6.07) is 2.07. The Hall–Kier alpha value is -1.12. The molecule has 0 atom stereocenters. The molecule has 0 radical (unpaired) electrons. The Morgan fingerprint density at radius 1 is 1.33 bits per heavy atom. The van der Waals surface area contributed by atoms with Gasteiger partial charge in [-0.25, -0.2) is 0 Å². The van der Waals surface area contributed by atoms with E-state index in [0.717, 1.165) is 17.1 Å². The maximum atomic E-state index is 4.10. The van der Waals surface area contributed by atoms with Crippen molar-refractivity contribution in [2.24, 2.45) is 0 Å². The van der Waals surface area contributed by atoms with Crippen molar-refractivity contribution in [1.82, 2.24) is 10.2 Å². The molecule has 0 fully saturated rings. The van der Waals surface area contributed by atoms with Crippen LogP contribution >= 0.6 is 0 Å². The Kier molecular flexibility index (Phi) is 2.63. The Morgan fingerprint density at radius 3 is 2.42 bits per heavy atom. The van der Waals surface area contributed by atoms with Gasteiger partial charge in [0.1, 0.15) is 0 Å². The monoisotopic (exact) mass is 165 g/mol. The lowest BCUT2D eigenvalue weighted by molar-refractivity contribution is 0.783. The number of hydrogen-bond donors (Lipinski definition) is 1. The maximum Gasteiger partial charge on any atom is 0.151 e. The number of hydrogen-bond acceptors (Lipinski definition) is 3. The molecule has 3 nitrogen and oxygen atoms in total. The molecule has 0 aliphatic rings. The quantitative estimate of drug-likeness (QED) is 0.727. The molecule has 0 aliphatic heterocycles. The number of anilines is 1. The fraction of sp³-hybridized carbons (Fsp3) is 0.556. The molecular formula is C9H15N3. The van der Waals surface area contributed by atoms with E-state index in [9.17, 15) is 0 Å². The zero-order valence-corrected chi connectivity index (χ0v) is 8.05. The zero-order valence-electron chi connectivity index (χ0n) is 8.05. The van der Waals surface area contributed by atoms with E-state index in [1.807, 2.05) is 14.0 Å². The Morgan fingerprint density at radius 2 is 2.00 bits per heavy atom. The lowest BCUT2D eigenvalue weighted by atomic mass is 10.1. The van der Waals surface area contributed by atoms with Crippen molar-refractivity contribution in [2.75, 3.05) is 12.4 Å². The summed E-state index contributed by atoms with van der Waals surface area (Å²) < 4.78 is 0. The van der Waals surface area contributed by atoms with Crippen LogP contribution in [0, 0.1) is 6.92 Å². The minimum atomic E-state index is 0.446. The first-order valence-electron chi connectivity index (χ1n) is 4.17. The van der Waals surface area contributed by atoms with E-state index in [2.05, 4.69) is 35.4 Å². The maximum absolute atomic E-state index is 4.10. The summed E-state index contributed by atoms with van der Waals surface area (Å²) in [5.74, 6) is 1.31. The van der Waals surface area contributed by atoms with Crippen LogP contribution in [0.5, 0.6) is 0 Å². The first-order valence-corrected chi connectivity index (χ1v) is 4.17. The van der Waals surface area contributed by atoms with Gasteiger partial charge in [-0.15, -0.1) is 5.10 Å². The third-order valence-corrected chi connectivity index (χ3v) is 1.83. The molecule has 0 saturated carbocycles. The highest BCUT2D eigenvalue weighted by Gasteiger charge is 2.04. The Bertz CT molecular complexity index is 268. The number of rotatable bonds is 2. The summed E-state index contributed by atoms with van der Waals surface area (Å²) in [4.78, 5) is 0. The first-order chi connectivity index (χ1) is 5.65. The van der Waals surface area contributed by atoms with Gasteiger partial charge in [-0.05, 0) is 24.5 Å². The standard InChI is InChI=1S/C9H15N3/c1-6(2)8-5-7(3)9(10-4)12-11-8/h5-6H,1-4H3,(H,10,12). The third kappa shape index (κ3) is 1.72. The van der Waals surface area contributed by atoms with Gasteiger partial charge in [0.25, 0.3) is 0 Å². The van der Waals surface area contributed by atoms with E-state index < -0.39 is 0 Å². The number of aromatic nitrogens is 2. The molecule has 0 unspecified atom stereocenters. The first kappa shape index (κ1) is 8.97. The molecule has 12 heavy (non-hydrogen) atoms. The van der Waals surface area contributed by atoms with Crippen molar-refractivity contribution in [2.45, 2.75) is 26.7 Å². The molecule has 0 aliphatic carbocycles. The normalized spacial score (nSPS) is 10.4. The molecule has 66 valence electrons. The summed E-state index contributed by atoms with van der Waals surface area (Å²) in [7, 11) is 1.85. The molecule has 1 N–H and O–H groups in total. The van der Waals surface area contributed by atoms with Crippen LogP contribution in [0.2, 0.25) is 0 Å². The van der Waals surface area contributed by atoms with E-state index in [1.54, 1.807) is 0 Å². The summed E-state index contributed by atoms with van der Waals surface area (Å²) in [5, 5.41) is 11.1. The second kappa shape index (κ2) is 3.52. The molecule has 0 saturated heterocycles. The molecule has 0 spiro atoms. The predicted octanol–water partition coefficient (Wildman–Crippen LogP) is 1.95. The molecule has 1 aromatic heterocycles. The number of nitrogens with zero attached hydrogens (tertiary/aromatic N) is 2. The summed E-state index contributed by atoms with van der Waals surface area (Å²) in [5.41, 5.74) is 2.20. The highest BCUT2D eigenvalue weighted by molar-refractivity contribution is 5.41. The van der Waals surface area contributed by atoms with Crippen molar-refractivity contribution in [3.05, 3.63) is 17.3 Å². The van der Waals surface area contributed by atoms with Crippen molar-refractivity contribution in [1.29, 1.82) is 0 Å². The second-order valence-electron chi connectivity index (χ2n) is 3.21. The van der Waals surface area contributed by atoms with Gasteiger partial charge in [0, 0.05) is 7.05 Å². The van der Waals surface area contributed by atoms with Gasteiger partial charge in [-0.3, -0.25) is 0 Å². The zero-order chi connectivity index (χ0) is 9.14. The van der Waals surface area contributed by atoms with Crippen molar-refractivity contribution >= 4 is 5.82 Å². The minimum absolute atomic E-state index is 0.446. The van der Waals surface area contributed by atoms with Gasteiger partial charge < -0.3 is 5.32 Å². The van der Waals surface area contributed by atoms with Gasteiger partial charge >= 0.3 is 0 Å². The minimum Gasteiger partial charge on any atom is -0.371 e. The van der Waals surface area contributed by atoms with E-state index in [-0.39, 0.29) is 0 Å². The molecule has 0 bridgehead atoms. The average molecular weight is 165 g/mol. The van der Waals surface area contributed by atoms with Crippen molar-refractivity contribution in [3.8, 4) is 0 Å². The van der Waals surface area contributed by atoms with Gasteiger partial charge in [0.15, 0.2) is 5.82 Å². The van der Waals surface area contributed by atoms with Crippen LogP contribution in [0.3, 0.4) is 0 Å². The lowest BCUT2D eigenvalue weighted by Gasteiger charge is -2.07. The van der Waals surface area contributed by atoms with Crippen LogP contribution in [0.4, 0.5) is 5.82 Å². The molecule has 0 aromatic carbocycles. The summed E-state index contributed by atoms with van der Waals surface area (Å²) >= 11 is 0. The average Bonchev–Trinajstić information content (AvgIpc) is 2.04. The third-order valence-electron chi connectivity index (χ3n) is 1.83. The fourth-order valence-corrected chi connectivity index (χ4v) is 1.03. The lowest BCUT2D eigenvalue weighted by Crippen LogP contribution is -2.02. The fourth-order valence-electron chi connectivity index (χ4n) is 1.03. The van der Waals surface area contributed by atoms with E-state index in [0.29, 0.717) is 5.92 Å². The summed E-state index contributed by atoms with van der Waals surface area (Å²) in [6.45, 7) is 6.26. The predicted molar refractivity (Wildman–Crippen MR) is 50.4 cm³/mol. The van der Waals surface area contributed by atoms with Crippen LogP contribution in [0.25, 0.3) is 0 Å². The van der Waals surface area contributed by atoms with E-state index in [4.69, 9.17) is 0 Å². The topological polar surface area (TPSA) is 37.8 Å². The van der Waals surface area contributed by atoms with Crippen molar-refractivity contribution < 1.29 is 0 Å². The SMILES string of the molecule is CNc1nnc(C(C)C)cc1C. The van der Waals surface area contributed by atoms with E-state index in [1.165, 1.54) is 0 Å². The largest absolute Gasteiger partial charge is 0.371 e. The van der Waals surface area contributed by atoms with Crippen LogP contribution in [0.15, 0.2) is 6.07 Å². The molecule has 3 heteroatoms. The van der Waals surface area contributed by atoms with Crippen LogP contribution in [-0.2, 0) is 0 Å². The van der Waals surface area contributed by atoms with Gasteiger partial charge in [0.05, 0.1) is 5.69 Å². The number of nitrogens with one attached hydrogen (secondary N) is 1. The molecule has 1 aromatic rings. The molecular weight excluding hydrogens is 150 g/mol. The van der Waals surface area contributed by atoms with Gasteiger partial charge in [0.2, 0.25) is 0 Å². The second-order valence-corrected chi connectivity index (χ2v) is 3.21. The molecule has 1 rings (SSSR count). The van der Waals surface area contributed by atoms with E-state index >= 15 is 0 Å².